The van der Waals surface area contributed by atoms with Crippen molar-refractivity contribution in [2.75, 3.05) is 64.1 Å². The lowest BCUT2D eigenvalue weighted by molar-refractivity contribution is 0.0982. The summed E-state index contributed by atoms with van der Waals surface area (Å²) >= 11 is 0. The van der Waals surface area contributed by atoms with E-state index in [1.807, 2.05) is 30.2 Å². The van der Waals surface area contributed by atoms with E-state index in [2.05, 4.69) is 32.9 Å². The van der Waals surface area contributed by atoms with E-state index >= 15 is 0 Å². The second kappa shape index (κ2) is 8.01. The van der Waals surface area contributed by atoms with Crippen molar-refractivity contribution in [1.82, 2.24) is 19.6 Å². The number of likely N-dealkylation sites (N-methyl/N-ethyl adjacent to an activating group) is 1. The highest BCUT2D eigenvalue weighted by atomic mass is 16.5. The first-order valence-electron chi connectivity index (χ1n) is 10.2. The van der Waals surface area contributed by atoms with Gasteiger partial charge in [0.1, 0.15) is 5.75 Å². The summed E-state index contributed by atoms with van der Waals surface area (Å²) in [5.74, 6) is 0.740. The zero-order valence-corrected chi connectivity index (χ0v) is 17.3. The molecule has 2 aliphatic heterocycles. The third-order valence-electron chi connectivity index (χ3n) is 6.22. The summed E-state index contributed by atoms with van der Waals surface area (Å²) in [4.78, 5) is 7.59. The van der Waals surface area contributed by atoms with Crippen LogP contribution in [-0.4, -0.2) is 79.0 Å². The van der Waals surface area contributed by atoms with E-state index in [1.165, 1.54) is 44.7 Å². The number of benzene rings is 1. The molecule has 0 radical (unpaired) electrons. The van der Waals surface area contributed by atoms with Crippen molar-refractivity contribution in [2.24, 2.45) is 7.05 Å². The van der Waals surface area contributed by atoms with Crippen LogP contribution in [0.2, 0.25) is 0 Å². The summed E-state index contributed by atoms with van der Waals surface area (Å²) in [7, 11) is 5.84. The van der Waals surface area contributed by atoms with Crippen LogP contribution in [0.1, 0.15) is 12.8 Å². The fourth-order valence-electron chi connectivity index (χ4n) is 4.47. The molecule has 0 bridgehead atoms. The van der Waals surface area contributed by atoms with E-state index in [1.54, 1.807) is 7.11 Å². The average Bonchev–Trinajstić information content (AvgIpc) is 3.15. The molecule has 0 unspecified atom stereocenters. The number of nitrogens with two attached hydrogens (primary N) is 1. The van der Waals surface area contributed by atoms with Gasteiger partial charge in [-0.3, -0.25) is 9.58 Å². The number of piperazine rings is 1. The Kier molecular flexibility index (Phi) is 5.46. The maximum atomic E-state index is 6.22. The number of hydrogen-bond acceptors (Lipinski definition) is 6. The Morgan fingerprint density at radius 1 is 1.04 bits per heavy atom. The normalized spacial score (nSPS) is 19.9. The number of piperidine rings is 1. The topological polar surface area (TPSA) is 62.8 Å². The van der Waals surface area contributed by atoms with E-state index in [0.717, 1.165) is 30.0 Å². The number of nitrogens with zero attached hydrogens (tertiary/aromatic N) is 5. The molecule has 152 valence electrons. The van der Waals surface area contributed by atoms with Gasteiger partial charge in [0.15, 0.2) is 0 Å². The maximum Gasteiger partial charge on any atom is 0.143 e. The number of ether oxygens (including phenoxy) is 1. The van der Waals surface area contributed by atoms with E-state index in [-0.39, 0.29) is 0 Å². The summed E-state index contributed by atoms with van der Waals surface area (Å²) in [5, 5.41) is 4.35. The fraction of sp³-hybridized carbons (Fsp3) is 0.571. The summed E-state index contributed by atoms with van der Waals surface area (Å²) in [5.41, 5.74) is 10.3. The minimum atomic E-state index is 0.664. The van der Waals surface area contributed by atoms with E-state index in [9.17, 15) is 0 Å². The van der Waals surface area contributed by atoms with Gasteiger partial charge in [-0.2, -0.15) is 5.10 Å². The van der Waals surface area contributed by atoms with Crippen molar-refractivity contribution in [2.45, 2.75) is 18.9 Å². The van der Waals surface area contributed by atoms with Gasteiger partial charge in [0.05, 0.1) is 19.0 Å². The summed E-state index contributed by atoms with van der Waals surface area (Å²) in [6, 6.07) is 4.81. The van der Waals surface area contributed by atoms with Gasteiger partial charge in [0.25, 0.3) is 0 Å². The highest BCUT2D eigenvalue weighted by molar-refractivity contribution is 5.83. The minimum absolute atomic E-state index is 0.664. The molecule has 0 aliphatic carbocycles. The Balaban J connectivity index is 1.54. The van der Waals surface area contributed by atoms with Crippen molar-refractivity contribution in [1.29, 1.82) is 0 Å². The second-order valence-corrected chi connectivity index (χ2v) is 8.07. The van der Waals surface area contributed by atoms with Crippen molar-refractivity contribution in [3.05, 3.63) is 24.5 Å². The van der Waals surface area contributed by atoms with Crippen LogP contribution in [-0.2, 0) is 7.05 Å². The number of hydrogen-bond donors (Lipinski definition) is 1. The molecule has 0 saturated carbocycles. The smallest absolute Gasteiger partial charge is 0.143 e. The van der Waals surface area contributed by atoms with Gasteiger partial charge >= 0.3 is 0 Å². The molecule has 2 fully saturated rings. The zero-order chi connectivity index (χ0) is 19.7. The zero-order valence-electron chi connectivity index (χ0n) is 17.3. The third-order valence-corrected chi connectivity index (χ3v) is 6.22. The standard InChI is InChI=1S/C21H32N6O/c1-24-8-10-26(11-9-24)17-4-6-27(7-5-17)20-13-21(28-3)19(22)12-18(20)16-14-23-25(2)15-16/h12-15,17H,4-11,22H2,1-3H3. The van der Waals surface area contributed by atoms with Gasteiger partial charge in [-0.1, -0.05) is 0 Å². The van der Waals surface area contributed by atoms with Crippen LogP contribution in [0.15, 0.2) is 24.5 Å². The Morgan fingerprint density at radius 2 is 1.75 bits per heavy atom. The largest absolute Gasteiger partial charge is 0.495 e. The van der Waals surface area contributed by atoms with Gasteiger partial charge in [-0.05, 0) is 26.0 Å². The number of aromatic nitrogens is 2. The van der Waals surface area contributed by atoms with Gasteiger partial charge in [0, 0.05) is 81.4 Å². The van der Waals surface area contributed by atoms with Crippen molar-refractivity contribution in [3.8, 4) is 16.9 Å². The van der Waals surface area contributed by atoms with Crippen LogP contribution in [0.25, 0.3) is 11.1 Å². The predicted molar refractivity (Wildman–Crippen MR) is 114 cm³/mol. The molecule has 7 nitrogen and oxygen atoms in total. The molecule has 7 heteroatoms. The molecule has 2 saturated heterocycles. The lowest BCUT2D eigenvalue weighted by Crippen LogP contribution is -2.52. The lowest BCUT2D eigenvalue weighted by atomic mass is 9.98. The molecule has 2 aliphatic rings. The Labute approximate surface area is 167 Å². The van der Waals surface area contributed by atoms with Crippen molar-refractivity contribution >= 4 is 11.4 Å². The molecule has 0 spiro atoms. The number of rotatable bonds is 4. The van der Waals surface area contributed by atoms with Crippen molar-refractivity contribution < 1.29 is 4.74 Å². The van der Waals surface area contributed by atoms with E-state index in [4.69, 9.17) is 10.5 Å². The Hall–Kier alpha value is -2.25. The average molecular weight is 385 g/mol. The highest BCUT2D eigenvalue weighted by Crippen LogP contribution is 2.39. The first-order chi connectivity index (χ1) is 13.5. The molecule has 2 aromatic rings. The van der Waals surface area contributed by atoms with Crippen LogP contribution >= 0.6 is 0 Å². The van der Waals surface area contributed by atoms with E-state index < -0.39 is 0 Å². The summed E-state index contributed by atoms with van der Waals surface area (Å²) < 4.78 is 7.35. The van der Waals surface area contributed by atoms with Crippen LogP contribution < -0.4 is 15.4 Å². The number of aryl methyl sites for hydroxylation is 1. The van der Waals surface area contributed by atoms with Gasteiger partial charge in [-0.25, -0.2) is 0 Å². The number of methoxy groups -OCH3 is 1. The van der Waals surface area contributed by atoms with Crippen LogP contribution in [0.4, 0.5) is 11.4 Å². The predicted octanol–water partition coefficient (Wildman–Crippen LogP) is 1.89. The molecule has 3 heterocycles. The van der Waals surface area contributed by atoms with Crippen LogP contribution in [0, 0.1) is 0 Å². The van der Waals surface area contributed by atoms with Crippen LogP contribution in [0.5, 0.6) is 5.75 Å². The molecule has 2 N–H and O–H groups in total. The molecular weight excluding hydrogens is 352 g/mol. The molecule has 1 aromatic carbocycles. The molecule has 0 atom stereocenters. The monoisotopic (exact) mass is 384 g/mol. The SMILES string of the molecule is COc1cc(N2CCC(N3CCN(C)CC3)CC2)c(-c2cnn(C)c2)cc1N. The molecule has 28 heavy (non-hydrogen) atoms. The van der Waals surface area contributed by atoms with Crippen LogP contribution in [0.3, 0.4) is 0 Å². The number of nitrogen functional groups attached to an aromatic ring is 1. The highest BCUT2D eigenvalue weighted by Gasteiger charge is 2.28. The first-order valence-corrected chi connectivity index (χ1v) is 10.2. The van der Waals surface area contributed by atoms with Gasteiger partial charge in [0.2, 0.25) is 0 Å². The Bertz CT molecular complexity index is 803. The first kappa shape index (κ1) is 19.1. The second-order valence-electron chi connectivity index (χ2n) is 8.07. The molecule has 4 rings (SSSR count). The van der Waals surface area contributed by atoms with Crippen molar-refractivity contribution in [3.63, 3.8) is 0 Å². The Morgan fingerprint density at radius 3 is 2.36 bits per heavy atom. The number of anilines is 2. The minimum Gasteiger partial charge on any atom is -0.495 e. The fourth-order valence-corrected chi connectivity index (χ4v) is 4.47. The molecule has 1 aromatic heterocycles. The molecule has 0 amide bonds. The maximum absolute atomic E-state index is 6.22. The quantitative estimate of drug-likeness (QED) is 0.813. The summed E-state index contributed by atoms with van der Waals surface area (Å²) in [6.07, 6.45) is 6.34. The summed E-state index contributed by atoms with van der Waals surface area (Å²) in [6.45, 7) is 6.85. The van der Waals surface area contributed by atoms with Gasteiger partial charge < -0.3 is 20.3 Å². The third kappa shape index (κ3) is 3.82. The van der Waals surface area contributed by atoms with E-state index in [0.29, 0.717) is 11.7 Å². The lowest BCUT2D eigenvalue weighted by Gasteiger charge is -2.43. The molecular formula is C21H32N6O. The van der Waals surface area contributed by atoms with Gasteiger partial charge in [-0.15, -0.1) is 0 Å².